The van der Waals surface area contributed by atoms with Gasteiger partial charge < -0.3 is 25.9 Å². The zero-order chi connectivity index (χ0) is 28.3. The van der Waals surface area contributed by atoms with Crippen molar-refractivity contribution in [3.8, 4) is 5.69 Å². The standard InChI is InChI=1S/C25H23N5O2.C2HF3O2/c1-29-14-17-6-3-2-5-16(17)13-22(29)25(32)27-19-9-11-20(12-10-19)30-15-18-7-4-8-21(24(26)31)23(18)28-30;3-2(4,5)1(6)7/h2-12,15,22H,13-14H2,1H3,(H2,26,31)(H,27,32);(H,6,7). The number of fused-ring (bicyclic) bond motifs is 2. The molecule has 4 N–H and O–H groups in total. The molecule has 0 fully saturated rings. The number of nitrogens with two attached hydrogens (primary N) is 1. The van der Waals surface area contributed by atoms with Crippen LogP contribution in [0.3, 0.4) is 0 Å². The first-order valence-electron chi connectivity index (χ1n) is 11.8. The number of nitrogens with one attached hydrogen (secondary N) is 2. The summed E-state index contributed by atoms with van der Waals surface area (Å²) in [4.78, 5) is 34.6. The molecule has 0 saturated carbocycles. The highest BCUT2D eigenvalue weighted by Crippen LogP contribution is 2.21. The van der Waals surface area contributed by atoms with Crippen LogP contribution >= 0.6 is 0 Å². The second-order valence-corrected chi connectivity index (χ2v) is 9.05. The molecule has 4 aromatic rings. The third-order valence-corrected chi connectivity index (χ3v) is 6.36. The van der Waals surface area contributed by atoms with E-state index < -0.39 is 18.1 Å². The molecule has 5 rings (SSSR count). The Morgan fingerprint density at radius 2 is 1.67 bits per heavy atom. The third kappa shape index (κ3) is 6.24. The van der Waals surface area contributed by atoms with Gasteiger partial charge in [0.25, 0.3) is 11.8 Å². The van der Waals surface area contributed by atoms with Gasteiger partial charge in [-0.25, -0.2) is 4.68 Å². The smallest absolute Gasteiger partial charge is 0.430 e. The van der Waals surface area contributed by atoms with Crippen LogP contribution in [0.25, 0.3) is 16.6 Å². The second-order valence-electron chi connectivity index (χ2n) is 9.05. The van der Waals surface area contributed by atoms with Crippen molar-refractivity contribution in [2.75, 3.05) is 12.4 Å². The van der Waals surface area contributed by atoms with E-state index in [0.29, 0.717) is 11.1 Å². The van der Waals surface area contributed by atoms with Crippen LogP contribution in [-0.2, 0) is 22.6 Å². The maximum absolute atomic E-state index is 13.0. The number of primary amides is 1. The number of likely N-dealkylation sites (N-methyl/N-ethyl adjacent to an activating group) is 1. The van der Waals surface area contributed by atoms with E-state index in [2.05, 4.69) is 29.6 Å². The Balaban J connectivity index is 0.000000448. The number of rotatable bonds is 4. The fourth-order valence-electron chi connectivity index (χ4n) is 4.37. The minimum atomic E-state index is -5.19. The predicted octanol–water partition coefficient (Wildman–Crippen LogP) is 1.00. The number of aromatic nitrogens is 2. The van der Waals surface area contributed by atoms with Gasteiger partial charge in [-0.1, -0.05) is 36.4 Å². The maximum atomic E-state index is 13.0. The number of benzene rings is 3. The molecule has 9 nitrogen and oxygen atoms in total. The number of nitrogens with zero attached hydrogens (tertiary/aromatic N) is 2. The van der Waals surface area contributed by atoms with E-state index in [4.69, 9.17) is 15.6 Å². The lowest BCUT2D eigenvalue weighted by atomic mass is 9.94. The Morgan fingerprint density at radius 1 is 1.03 bits per heavy atom. The minimum Gasteiger partial charge on any atom is -0.542 e. The zero-order valence-electron chi connectivity index (χ0n) is 20.7. The number of quaternary nitrogens is 1. The highest BCUT2D eigenvalue weighted by atomic mass is 19.4. The molecule has 3 aromatic carbocycles. The van der Waals surface area contributed by atoms with Crippen LogP contribution in [0.15, 0.2) is 72.9 Å². The molecule has 12 heteroatoms. The fourth-order valence-corrected chi connectivity index (χ4v) is 4.37. The first-order chi connectivity index (χ1) is 18.4. The molecule has 2 atom stereocenters. The van der Waals surface area contributed by atoms with Crippen molar-refractivity contribution in [2.45, 2.75) is 25.2 Å². The summed E-state index contributed by atoms with van der Waals surface area (Å²) in [6.45, 7) is 0.841. The molecule has 39 heavy (non-hydrogen) atoms. The minimum absolute atomic E-state index is 0.0145. The van der Waals surface area contributed by atoms with Gasteiger partial charge in [-0.2, -0.15) is 18.3 Å². The van der Waals surface area contributed by atoms with Gasteiger partial charge in [-0.3, -0.25) is 9.59 Å². The number of alkyl halides is 3. The van der Waals surface area contributed by atoms with Crippen molar-refractivity contribution in [3.63, 3.8) is 0 Å². The van der Waals surface area contributed by atoms with Gasteiger partial charge in [0.05, 0.1) is 18.3 Å². The van der Waals surface area contributed by atoms with E-state index in [-0.39, 0.29) is 11.9 Å². The molecule has 0 radical (unpaired) electrons. The molecule has 2 amide bonds. The van der Waals surface area contributed by atoms with E-state index in [9.17, 15) is 22.8 Å². The summed E-state index contributed by atoms with van der Waals surface area (Å²) < 4.78 is 33.3. The van der Waals surface area contributed by atoms with Gasteiger partial charge in [-0.05, 0) is 35.9 Å². The lowest BCUT2D eigenvalue weighted by Gasteiger charge is -2.30. The number of carboxylic acids is 1. The number of amides is 2. The molecule has 0 saturated heterocycles. The summed E-state index contributed by atoms with van der Waals surface area (Å²) in [5.74, 6) is -3.50. The average molecular weight is 540 g/mol. The Morgan fingerprint density at radius 3 is 2.28 bits per heavy atom. The summed E-state index contributed by atoms with van der Waals surface area (Å²) in [6, 6.07) is 21.0. The lowest BCUT2D eigenvalue weighted by molar-refractivity contribution is -0.912. The zero-order valence-corrected chi connectivity index (χ0v) is 20.7. The van der Waals surface area contributed by atoms with E-state index >= 15 is 0 Å². The maximum Gasteiger partial charge on any atom is 0.430 e. The lowest BCUT2D eigenvalue weighted by Crippen LogP contribution is -3.14. The van der Waals surface area contributed by atoms with Crippen LogP contribution in [0, 0.1) is 0 Å². The number of carboxylic acid groups (broad SMARTS) is 1. The van der Waals surface area contributed by atoms with E-state index in [1.807, 2.05) is 48.7 Å². The SMILES string of the molecule is C[NH+]1Cc2ccccc2CC1C(=O)Nc1ccc(-n2cc3cccc(C(N)=O)c3n2)cc1.O=C([O-])C(F)(F)F. The van der Waals surface area contributed by atoms with Crippen LogP contribution in [0.1, 0.15) is 21.5 Å². The number of carbonyl (C=O) groups is 3. The van der Waals surface area contributed by atoms with Gasteiger partial charge in [-0.15, -0.1) is 0 Å². The number of anilines is 1. The molecule has 1 aliphatic heterocycles. The largest absolute Gasteiger partial charge is 0.542 e. The Labute approximate surface area is 220 Å². The predicted molar refractivity (Wildman–Crippen MR) is 134 cm³/mol. The van der Waals surface area contributed by atoms with Crippen LogP contribution < -0.4 is 21.1 Å². The summed E-state index contributed by atoms with van der Waals surface area (Å²) in [6.07, 6.45) is -2.61. The van der Waals surface area contributed by atoms with Gasteiger partial charge in [0.2, 0.25) is 0 Å². The normalized spacial score (nSPS) is 16.5. The van der Waals surface area contributed by atoms with Crippen LogP contribution in [-0.4, -0.2) is 46.8 Å². The van der Waals surface area contributed by atoms with Gasteiger partial charge in [0, 0.05) is 29.3 Å². The number of carbonyl (C=O) groups excluding carboxylic acids is 3. The molecule has 2 heterocycles. The monoisotopic (exact) mass is 539 g/mol. The Kier molecular flexibility index (Phi) is 7.68. The molecule has 0 spiro atoms. The Bertz CT molecular complexity index is 1530. The molecule has 1 aromatic heterocycles. The highest BCUT2D eigenvalue weighted by Gasteiger charge is 2.32. The fraction of sp³-hybridized carbons (Fsp3) is 0.185. The van der Waals surface area contributed by atoms with Crippen molar-refractivity contribution in [3.05, 3.63) is 89.6 Å². The van der Waals surface area contributed by atoms with E-state index in [1.165, 1.54) is 16.0 Å². The van der Waals surface area contributed by atoms with Gasteiger partial charge in [0.15, 0.2) is 6.04 Å². The van der Waals surface area contributed by atoms with Crippen LogP contribution in [0.2, 0.25) is 0 Å². The average Bonchev–Trinajstić information content (AvgIpc) is 3.33. The van der Waals surface area contributed by atoms with Crippen molar-refractivity contribution in [2.24, 2.45) is 5.73 Å². The summed E-state index contributed by atoms with van der Waals surface area (Å²) in [5, 5.41) is 17.2. The molecule has 202 valence electrons. The van der Waals surface area contributed by atoms with E-state index in [1.54, 1.807) is 16.8 Å². The van der Waals surface area contributed by atoms with E-state index in [0.717, 1.165) is 29.7 Å². The van der Waals surface area contributed by atoms with Crippen molar-refractivity contribution < 1.29 is 37.6 Å². The van der Waals surface area contributed by atoms with Crippen molar-refractivity contribution in [1.29, 1.82) is 0 Å². The van der Waals surface area contributed by atoms with Crippen LogP contribution in [0.5, 0.6) is 0 Å². The van der Waals surface area contributed by atoms with Gasteiger partial charge in [0.1, 0.15) is 18.0 Å². The van der Waals surface area contributed by atoms with Crippen LogP contribution in [0.4, 0.5) is 18.9 Å². The van der Waals surface area contributed by atoms with Gasteiger partial charge >= 0.3 is 6.18 Å². The van der Waals surface area contributed by atoms with Crippen molar-refractivity contribution >= 4 is 34.4 Å². The molecular weight excluding hydrogens is 515 g/mol. The molecule has 1 aliphatic rings. The second kappa shape index (κ2) is 11.0. The first kappa shape index (κ1) is 27.3. The Hall–Kier alpha value is -4.71. The third-order valence-electron chi connectivity index (χ3n) is 6.36. The van der Waals surface area contributed by atoms with Crippen molar-refractivity contribution in [1.82, 2.24) is 9.78 Å². The number of aliphatic carboxylic acids is 1. The highest BCUT2D eigenvalue weighted by molar-refractivity contribution is 6.04. The summed E-state index contributed by atoms with van der Waals surface area (Å²) in [7, 11) is 2.06. The topological polar surface area (TPSA) is 135 Å². The first-order valence-corrected chi connectivity index (χ1v) is 11.8. The molecule has 0 bridgehead atoms. The number of hydrogen-bond donors (Lipinski definition) is 3. The summed E-state index contributed by atoms with van der Waals surface area (Å²) in [5.41, 5.74) is 10.5. The molecular formula is C27H24F3N5O4. The number of halogens is 3. The quantitative estimate of drug-likeness (QED) is 0.356. The molecule has 2 unspecified atom stereocenters. The summed E-state index contributed by atoms with van der Waals surface area (Å²) >= 11 is 0. The molecule has 0 aliphatic carbocycles. The number of hydrogen-bond acceptors (Lipinski definition) is 5.